The van der Waals surface area contributed by atoms with Gasteiger partial charge in [-0.2, -0.15) is 0 Å². The van der Waals surface area contributed by atoms with Crippen LogP contribution in [-0.4, -0.2) is 41.3 Å². The number of benzene rings is 1. The molecule has 0 bridgehead atoms. The van der Waals surface area contributed by atoms with Crippen LogP contribution in [-0.2, 0) is 16.0 Å². The molecule has 1 saturated heterocycles. The van der Waals surface area contributed by atoms with Crippen molar-refractivity contribution in [3.63, 3.8) is 0 Å². The lowest BCUT2D eigenvalue weighted by atomic mass is 9.93. The maximum atomic E-state index is 12.3. The molecule has 0 spiro atoms. The van der Waals surface area contributed by atoms with Crippen molar-refractivity contribution in [2.45, 2.75) is 44.9 Å². The maximum Gasteiger partial charge on any atom is 0.573 e. The van der Waals surface area contributed by atoms with Gasteiger partial charge in [0.1, 0.15) is 5.75 Å². The number of nitrogens with zero attached hydrogens (tertiary/aromatic N) is 1. The molecule has 1 N–H and O–H groups in total. The van der Waals surface area contributed by atoms with Crippen LogP contribution in [0.2, 0.25) is 0 Å². The Hall–Kier alpha value is -2.25. The van der Waals surface area contributed by atoms with E-state index >= 15 is 0 Å². The van der Waals surface area contributed by atoms with Gasteiger partial charge < -0.3 is 14.7 Å². The predicted molar refractivity (Wildman–Crippen MR) is 87.6 cm³/mol. The Kier molecular flexibility index (Phi) is 6.88. The summed E-state index contributed by atoms with van der Waals surface area (Å²) in [5.41, 5.74) is 0.757. The third-order valence-corrected chi connectivity index (χ3v) is 4.42. The molecule has 1 aliphatic rings. The smallest absolute Gasteiger partial charge is 0.481 e. The zero-order chi connectivity index (χ0) is 19.2. The van der Waals surface area contributed by atoms with Crippen LogP contribution >= 0.6 is 0 Å². The molecule has 1 fully saturated rings. The van der Waals surface area contributed by atoms with Gasteiger partial charge in [0.15, 0.2) is 0 Å². The first-order chi connectivity index (χ1) is 12.2. The number of aryl methyl sites for hydroxylation is 1. The zero-order valence-electron chi connectivity index (χ0n) is 14.3. The van der Waals surface area contributed by atoms with Gasteiger partial charge in [0.2, 0.25) is 5.91 Å². The Bertz CT molecular complexity index is 616. The Morgan fingerprint density at radius 3 is 2.50 bits per heavy atom. The highest BCUT2D eigenvalue weighted by Gasteiger charge is 2.31. The van der Waals surface area contributed by atoms with Crippen LogP contribution in [0.5, 0.6) is 5.75 Å². The van der Waals surface area contributed by atoms with E-state index in [2.05, 4.69) is 4.74 Å². The summed E-state index contributed by atoms with van der Waals surface area (Å²) < 4.78 is 40.2. The summed E-state index contributed by atoms with van der Waals surface area (Å²) in [6.07, 6.45) is -1.55. The van der Waals surface area contributed by atoms with Crippen molar-refractivity contribution in [3.8, 4) is 5.75 Å². The number of amides is 1. The molecule has 2 rings (SSSR count). The quantitative estimate of drug-likeness (QED) is 0.793. The second kappa shape index (κ2) is 8.91. The van der Waals surface area contributed by atoms with E-state index < -0.39 is 12.3 Å². The molecule has 144 valence electrons. The fourth-order valence-electron chi connectivity index (χ4n) is 3.12. The molecule has 1 aliphatic heterocycles. The molecule has 0 aromatic heterocycles. The Balaban J connectivity index is 1.79. The van der Waals surface area contributed by atoms with Gasteiger partial charge in [-0.05, 0) is 49.3 Å². The number of aliphatic carboxylic acids is 1. The van der Waals surface area contributed by atoms with Crippen LogP contribution in [0.3, 0.4) is 0 Å². The van der Waals surface area contributed by atoms with Gasteiger partial charge in [0, 0.05) is 25.9 Å². The summed E-state index contributed by atoms with van der Waals surface area (Å²) in [5, 5.41) is 8.76. The Morgan fingerprint density at radius 2 is 1.88 bits per heavy atom. The van der Waals surface area contributed by atoms with Crippen LogP contribution in [0, 0.1) is 5.92 Å². The van der Waals surface area contributed by atoms with Crippen molar-refractivity contribution >= 4 is 11.9 Å². The summed E-state index contributed by atoms with van der Waals surface area (Å²) in [6.45, 7) is 1.24. The minimum Gasteiger partial charge on any atom is -0.481 e. The average Bonchev–Trinajstić information content (AvgIpc) is 2.58. The third-order valence-electron chi connectivity index (χ3n) is 4.42. The van der Waals surface area contributed by atoms with Crippen LogP contribution in [0.1, 0.15) is 37.7 Å². The molecule has 1 atom stereocenters. The molecular weight excluding hydrogens is 351 g/mol. The second-order valence-electron chi connectivity index (χ2n) is 6.47. The molecule has 1 aromatic rings. The first kappa shape index (κ1) is 20.1. The highest BCUT2D eigenvalue weighted by Crippen LogP contribution is 2.24. The van der Waals surface area contributed by atoms with Crippen LogP contribution in [0.4, 0.5) is 13.2 Å². The zero-order valence-corrected chi connectivity index (χ0v) is 14.3. The highest BCUT2D eigenvalue weighted by atomic mass is 19.4. The molecule has 1 aromatic carbocycles. The SMILES string of the molecule is O=C(O)CCC1CCCN(C(=O)CCc2ccc(OC(F)(F)F)cc2)C1. The molecule has 5 nitrogen and oxygen atoms in total. The summed E-state index contributed by atoms with van der Waals surface area (Å²) in [6, 6.07) is 5.49. The maximum absolute atomic E-state index is 12.3. The van der Waals surface area contributed by atoms with Crippen molar-refractivity contribution in [1.82, 2.24) is 4.90 Å². The van der Waals surface area contributed by atoms with E-state index in [-0.39, 0.29) is 30.4 Å². The number of carbonyl (C=O) groups excluding carboxylic acids is 1. The molecule has 1 unspecified atom stereocenters. The molecule has 1 amide bonds. The van der Waals surface area contributed by atoms with E-state index in [9.17, 15) is 22.8 Å². The summed E-state index contributed by atoms with van der Waals surface area (Å²) >= 11 is 0. The fraction of sp³-hybridized carbons (Fsp3) is 0.556. The van der Waals surface area contributed by atoms with E-state index in [1.54, 1.807) is 4.90 Å². The predicted octanol–water partition coefficient (Wildman–Crippen LogP) is 3.62. The second-order valence-corrected chi connectivity index (χ2v) is 6.47. The van der Waals surface area contributed by atoms with Crippen molar-refractivity contribution < 1.29 is 32.6 Å². The van der Waals surface area contributed by atoms with Crippen molar-refractivity contribution in [3.05, 3.63) is 29.8 Å². The van der Waals surface area contributed by atoms with E-state index in [1.807, 2.05) is 0 Å². The van der Waals surface area contributed by atoms with Gasteiger partial charge in [-0.25, -0.2) is 0 Å². The number of halogens is 3. The molecule has 0 radical (unpaired) electrons. The number of alkyl halides is 3. The minimum absolute atomic E-state index is 0.0133. The van der Waals surface area contributed by atoms with Gasteiger partial charge in [0.25, 0.3) is 0 Å². The highest BCUT2D eigenvalue weighted by molar-refractivity contribution is 5.76. The fourth-order valence-corrected chi connectivity index (χ4v) is 3.12. The first-order valence-corrected chi connectivity index (χ1v) is 8.57. The normalized spacial score (nSPS) is 17.8. The minimum atomic E-state index is -4.72. The number of carboxylic acids is 1. The van der Waals surface area contributed by atoms with E-state index in [4.69, 9.17) is 5.11 Å². The number of carbonyl (C=O) groups is 2. The van der Waals surface area contributed by atoms with Gasteiger partial charge in [0.05, 0.1) is 0 Å². The van der Waals surface area contributed by atoms with E-state index in [0.717, 1.165) is 18.4 Å². The molecular formula is C18H22F3NO4. The van der Waals surface area contributed by atoms with Gasteiger partial charge in [-0.15, -0.1) is 13.2 Å². The lowest BCUT2D eigenvalue weighted by Crippen LogP contribution is -2.40. The number of piperidine rings is 1. The Labute approximate surface area is 149 Å². The average molecular weight is 373 g/mol. The lowest BCUT2D eigenvalue weighted by molar-refractivity contribution is -0.274. The van der Waals surface area contributed by atoms with Gasteiger partial charge in [-0.1, -0.05) is 12.1 Å². The molecule has 0 aliphatic carbocycles. The summed E-state index contributed by atoms with van der Waals surface area (Å²) in [7, 11) is 0. The first-order valence-electron chi connectivity index (χ1n) is 8.57. The molecule has 8 heteroatoms. The van der Waals surface area contributed by atoms with E-state index in [0.29, 0.717) is 25.9 Å². The number of hydrogen-bond acceptors (Lipinski definition) is 3. The lowest BCUT2D eigenvalue weighted by Gasteiger charge is -2.32. The van der Waals surface area contributed by atoms with Crippen LogP contribution in [0.15, 0.2) is 24.3 Å². The topological polar surface area (TPSA) is 66.8 Å². The van der Waals surface area contributed by atoms with Gasteiger partial charge in [-0.3, -0.25) is 9.59 Å². The molecule has 1 heterocycles. The van der Waals surface area contributed by atoms with Crippen LogP contribution in [0.25, 0.3) is 0 Å². The Morgan fingerprint density at radius 1 is 1.19 bits per heavy atom. The van der Waals surface area contributed by atoms with Crippen molar-refractivity contribution in [2.75, 3.05) is 13.1 Å². The standard InChI is InChI=1S/C18H22F3NO4/c19-18(20,21)26-15-7-3-13(4-8-15)5-9-16(23)22-11-1-2-14(12-22)6-10-17(24)25/h3-4,7-8,14H,1-2,5-6,9-12H2,(H,24,25). The van der Waals surface area contributed by atoms with Crippen molar-refractivity contribution in [1.29, 1.82) is 0 Å². The molecule has 0 saturated carbocycles. The summed E-state index contributed by atoms with van der Waals surface area (Å²) in [5.74, 6) is -0.917. The third kappa shape index (κ3) is 6.93. The van der Waals surface area contributed by atoms with Crippen molar-refractivity contribution in [2.24, 2.45) is 5.92 Å². The van der Waals surface area contributed by atoms with E-state index in [1.165, 1.54) is 24.3 Å². The number of ether oxygens (including phenoxy) is 1. The monoisotopic (exact) mass is 373 g/mol. The molecule has 26 heavy (non-hydrogen) atoms. The number of rotatable bonds is 7. The summed E-state index contributed by atoms with van der Waals surface area (Å²) in [4.78, 5) is 24.8. The number of hydrogen-bond donors (Lipinski definition) is 1. The number of likely N-dealkylation sites (tertiary alicyclic amines) is 1. The van der Waals surface area contributed by atoms with Gasteiger partial charge >= 0.3 is 12.3 Å². The largest absolute Gasteiger partial charge is 0.573 e. The number of carboxylic acid groups (broad SMARTS) is 1. The van der Waals surface area contributed by atoms with Crippen LogP contribution < -0.4 is 4.74 Å².